The van der Waals surface area contributed by atoms with Gasteiger partial charge in [0.15, 0.2) is 5.75 Å². The average molecular weight is 766 g/mol. The van der Waals surface area contributed by atoms with Gasteiger partial charge in [-0.15, -0.1) is 0 Å². The number of hydrogen-bond acceptors (Lipinski definition) is 10. The largest absolute Gasteiger partial charge is 0.416 e. The van der Waals surface area contributed by atoms with Gasteiger partial charge in [-0.1, -0.05) is 17.7 Å². The van der Waals surface area contributed by atoms with Crippen LogP contribution in [-0.4, -0.2) is 107 Å². The molecule has 53 heavy (non-hydrogen) atoms. The zero-order valence-corrected chi connectivity index (χ0v) is 30.3. The number of alkyl halides is 3. The first kappa shape index (κ1) is 40.0. The van der Waals surface area contributed by atoms with E-state index < -0.39 is 26.8 Å². The highest BCUT2D eigenvalue weighted by Gasteiger charge is 2.33. The van der Waals surface area contributed by atoms with Gasteiger partial charge in [0.2, 0.25) is 5.91 Å². The molecular weight excluding hydrogens is 719 g/mol. The van der Waals surface area contributed by atoms with Gasteiger partial charge in [0, 0.05) is 55.9 Å². The summed E-state index contributed by atoms with van der Waals surface area (Å²) in [5, 5.41) is 13.9. The fourth-order valence-electron chi connectivity index (χ4n) is 6.27. The zero-order chi connectivity index (χ0) is 38.0. The molecule has 2 aliphatic heterocycles. The Labute approximate surface area is 306 Å². The number of ether oxygens (including phenoxy) is 2. The summed E-state index contributed by atoms with van der Waals surface area (Å²) in [7, 11) is -4.70. The third-order valence-corrected chi connectivity index (χ3v) is 10.1. The third kappa shape index (κ3) is 11.1. The van der Waals surface area contributed by atoms with E-state index in [0.717, 1.165) is 36.7 Å². The van der Waals surface area contributed by atoms with E-state index in [1.807, 2.05) is 0 Å². The number of nitrogens with one attached hydrogen (secondary N) is 3. The van der Waals surface area contributed by atoms with E-state index in [2.05, 4.69) is 16.0 Å². The van der Waals surface area contributed by atoms with Crippen molar-refractivity contribution in [1.29, 1.82) is 0 Å². The number of nitrogens with zero attached hydrogens (tertiary/aromatic N) is 3. The molecule has 3 amide bonds. The zero-order valence-electron chi connectivity index (χ0n) is 29.5. The second kappa shape index (κ2) is 18.2. The van der Waals surface area contributed by atoms with Crippen LogP contribution >= 0.6 is 0 Å². The van der Waals surface area contributed by atoms with Gasteiger partial charge < -0.3 is 40.2 Å². The lowest BCUT2D eigenvalue weighted by molar-refractivity contribution is -0.137. The highest BCUT2D eigenvalue weighted by Crippen LogP contribution is 2.37. The van der Waals surface area contributed by atoms with Gasteiger partial charge in [-0.05, 0) is 69.1 Å². The number of likely N-dealkylation sites (tertiary alicyclic amines) is 1. The molecule has 2 aliphatic rings. The van der Waals surface area contributed by atoms with E-state index in [1.54, 1.807) is 34.7 Å². The molecule has 2 saturated heterocycles. The number of amides is 3. The predicted molar refractivity (Wildman–Crippen MR) is 189 cm³/mol. The number of urea groups is 1. The molecule has 3 heterocycles. The summed E-state index contributed by atoms with van der Waals surface area (Å²) < 4.78 is 84.6. The Morgan fingerprint density at radius 1 is 1.06 bits per heavy atom. The molecule has 2 fully saturated rings. The van der Waals surface area contributed by atoms with Crippen LogP contribution in [-0.2, 0) is 37.1 Å². The van der Waals surface area contributed by atoms with Gasteiger partial charge >= 0.3 is 22.3 Å². The molecule has 1 unspecified atom stereocenters. The van der Waals surface area contributed by atoms with Crippen LogP contribution in [0.15, 0.2) is 53.4 Å². The minimum Gasteiger partial charge on any atom is -0.378 e. The number of carbonyl (C=O) groups is 2. The fraction of sp³-hybridized carbons (Fsp3) is 0.514. The van der Waals surface area contributed by atoms with Gasteiger partial charge in [-0.3, -0.25) is 9.48 Å². The molecule has 1 aromatic heterocycles. The first-order chi connectivity index (χ1) is 25.3. The molecule has 0 aliphatic carbocycles. The van der Waals surface area contributed by atoms with Crippen LogP contribution in [0.4, 0.5) is 18.0 Å². The number of rotatable bonds is 16. The highest BCUT2D eigenvalue weighted by atomic mass is 32.2. The number of piperidine rings is 1. The molecule has 0 saturated carbocycles. The average Bonchev–Trinajstić information content (AvgIpc) is 3.80. The van der Waals surface area contributed by atoms with Crippen LogP contribution in [0, 0.1) is 6.92 Å². The Kier molecular flexibility index (Phi) is 13.7. The summed E-state index contributed by atoms with van der Waals surface area (Å²) in [6.45, 7) is 6.22. The van der Waals surface area contributed by atoms with E-state index in [0.29, 0.717) is 89.4 Å². The van der Waals surface area contributed by atoms with E-state index >= 15 is 0 Å². The van der Waals surface area contributed by atoms with E-state index in [-0.39, 0.29) is 41.8 Å². The third-order valence-electron chi connectivity index (χ3n) is 8.87. The molecule has 3 aromatic rings. The maximum atomic E-state index is 13.4. The van der Waals surface area contributed by atoms with Crippen molar-refractivity contribution in [2.75, 3.05) is 65.7 Å². The highest BCUT2D eigenvalue weighted by molar-refractivity contribution is 7.87. The molecular formula is C35H46F3N7O7S. The number of hydrogen-bond donors (Lipinski definition) is 4. The van der Waals surface area contributed by atoms with Crippen molar-refractivity contribution in [3.05, 3.63) is 65.4 Å². The predicted octanol–water partition coefficient (Wildman–Crippen LogP) is 3.00. The summed E-state index contributed by atoms with van der Waals surface area (Å²) in [5.41, 5.74) is 6.22. The van der Waals surface area contributed by atoms with Crippen molar-refractivity contribution >= 4 is 22.1 Å². The summed E-state index contributed by atoms with van der Waals surface area (Å²) in [5.74, 6) is -0.638. The second-order valence-corrected chi connectivity index (χ2v) is 14.5. The number of aryl methyl sites for hydroxylation is 1. The molecule has 2 aromatic carbocycles. The van der Waals surface area contributed by atoms with E-state index in [4.69, 9.17) is 24.5 Å². The van der Waals surface area contributed by atoms with Crippen molar-refractivity contribution in [3.8, 4) is 17.0 Å². The Hall–Kier alpha value is -4.23. The Morgan fingerprint density at radius 2 is 1.85 bits per heavy atom. The maximum absolute atomic E-state index is 13.4. The van der Waals surface area contributed by atoms with Gasteiger partial charge in [-0.25, -0.2) is 4.79 Å². The van der Waals surface area contributed by atoms with Crippen molar-refractivity contribution in [2.24, 2.45) is 5.73 Å². The van der Waals surface area contributed by atoms with Crippen molar-refractivity contribution in [3.63, 3.8) is 0 Å². The van der Waals surface area contributed by atoms with Gasteiger partial charge in [0.25, 0.3) is 0 Å². The molecule has 2 atom stereocenters. The lowest BCUT2D eigenvalue weighted by Crippen LogP contribution is -2.46. The van der Waals surface area contributed by atoms with Crippen molar-refractivity contribution < 1.29 is 44.8 Å². The van der Waals surface area contributed by atoms with Crippen LogP contribution < -0.4 is 25.9 Å². The Morgan fingerprint density at radius 3 is 2.58 bits per heavy atom. The maximum Gasteiger partial charge on any atom is 0.416 e. The fourth-order valence-corrected chi connectivity index (χ4v) is 7.26. The standard InChI is InChI=1S/C35H46F3N7O7S/c1-24-7-8-32(52-53(48,49)28-6-2-5-26(19-28)35(36,37)38)29(18-24)30-20-31(45(43-30)23-33(46)42-27-9-11-40-21-27)25-4-3-13-44(22-25)34(47)41-12-15-51-17-16-50-14-10-39/h2,5-8,18-20,25,27,40H,3-4,9-17,21-23,39H2,1H3,(H,41,47)(H,42,46)/t25?,27-/m1/s1. The van der Waals surface area contributed by atoms with Crippen LogP contribution in [0.1, 0.15) is 42.0 Å². The number of halogens is 3. The topological polar surface area (TPSA) is 179 Å². The second-order valence-electron chi connectivity index (χ2n) is 13.0. The summed E-state index contributed by atoms with van der Waals surface area (Å²) in [4.78, 5) is 27.4. The van der Waals surface area contributed by atoms with Crippen LogP contribution in [0.5, 0.6) is 5.75 Å². The monoisotopic (exact) mass is 765 g/mol. The Bertz CT molecular complexity index is 1820. The van der Waals surface area contributed by atoms with Crippen molar-refractivity contribution in [1.82, 2.24) is 30.6 Å². The number of nitrogens with two attached hydrogens (primary N) is 1. The summed E-state index contributed by atoms with van der Waals surface area (Å²) >= 11 is 0. The van der Waals surface area contributed by atoms with E-state index in [9.17, 15) is 31.2 Å². The molecule has 14 nitrogen and oxygen atoms in total. The van der Waals surface area contributed by atoms with Gasteiger partial charge in [0.05, 0.1) is 37.7 Å². The minimum absolute atomic E-state index is 0.0323. The smallest absolute Gasteiger partial charge is 0.378 e. The number of aromatic nitrogens is 2. The molecule has 0 bridgehead atoms. The van der Waals surface area contributed by atoms with E-state index in [1.165, 1.54) is 6.07 Å². The van der Waals surface area contributed by atoms with Gasteiger partial charge in [0.1, 0.15) is 11.4 Å². The van der Waals surface area contributed by atoms with Crippen molar-refractivity contribution in [2.45, 2.75) is 55.8 Å². The quantitative estimate of drug-likeness (QED) is 0.125. The minimum atomic E-state index is -4.76. The summed E-state index contributed by atoms with van der Waals surface area (Å²) in [6.07, 6.45) is -2.60. The van der Waals surface area contributed by atoms with Crippen LogP contribution in [0.3, 0.4) is 0 Å². The Balaban J connectivity index is 1.38. The normalized spacial score (nSPS) is 17.9. The molecule has 290 valence electrons. The van der Waals surface area contributed by atoms with Crippen LogP contribution in [0.2, 0.25) is 0 Å². The number of benzene rings is 2. The van der Waals surface area contributed by atoms with Crippen LogP contribution in [0.25, 0.3) is 11.3 Å². The SMILES string of the molecule is Cc1ccc(OS(=O)(=O)c2cccc(C(F)(F)F)c2)c(-c2cc(C3CCCN(C(=O)NCCOCCOCCN)C3)n(CC(=O)N[C@@H]3CCNC3)n2)c1. The number of carbonyl (C=O) groups excluding carboxylic acids is 2. The summed E-state index contributed by atoms with van der Waals surface area (Å²) in [6, 6.07) is 9.46. The molecule has 18 heteroatoms. The van der Waals surface area contributed by atoms with Gasteiger partial charge in [-0.2, -0.15) is 26.7 Å². The first-order valence-electron chi connectivity index (χ1n) is 17.5. The molecule has 5 rings (SSSR count). The molecule has 0 radical (unpaired) electrons. The lowest BCUT2D eigenvalue weighted by Gasteiger charge is -2.33. The molecule has 5 N–H and O–H groups in total. The molecule has 0 spiro atoms. The lowest BCUT2D eigenvalue weighted by atomic mass is 9.94. The first-order valence-corrected chi connectivity index (χ1v) is 18.9.